The van der Waals surface area contributed by atoms with Crippen molar-refractivity contribution < 1.29 is 0 Å². The Morgan fingerprint density at radius 2 is 1.67 bits per heavy atom. The van der Waals surface area contributed by atoms with Crippen molar-refractivity contribution in [1.29, 1.82) is 0 Å². The number of aryl methyl sites for hydroxylation is 3. The van der Waals surface area contributed by atoms with E-state index in [0.717, 1.165) is 27.8 Å². The molecule has 2 heterocycles. The van der Waals surface area contributed by atoms with Gasteiger partial charge in [0, 0.05) is 11.4 Å². The zero-order valence-corrected chi connectivity index (χ0v) is 9.72. The largest absolute Gasteiger partial charge is 0.375 e. The lowest BCUT2D eigenvalue weighted by Crippen LogP contribution is -1.93. The minimum Gasteiger partial charge on any atom is -0.375 e. The van der Waals surface area contributed by atoms with Gasteiger partial charge in [0.25, 0.3) is 0 Å². The number of nitrogens with zero attached hydrogens (tertiary/aromatic N) is 3. The molecule has 0 saturated heterocycles. The van der Waals surface area contributed by atoms with Crippen molar-refractivity contribution in [1.82, 2.24) is 15.0 Å². The number of thiazole rings is 1. The second-order valence-corrected chi connectivity index (χ2v) is 4.47. The van der Waals surface area contributed by atoms with Crippen LogP contribution in [0.5, 0.6) is 0 Å². The third-order valence-corrected chi connectivity index (χ3v) is 2.98. The van der Waals surface area contributed by atoms with Gasteiger partial charge in [-0.05, 0) is 26.8 Å². The van der Waals surface area contributed by atoms with Crippen LogP contribution in [0.1, 0.15) is 17.1 Å². The predicted molar refractivity (Wildman–Crippen MR) is 61.8 cm³/mol. The van der Waals surface area contributed by atoms with Gasteiger partial charge in [-0.1, -0.05) is 11.3 Å². The highest BCUT2D eigenvalue weighted by atomic mass is 32.1. The van der Waals surface area contributed by atoms with Crippen molar-refractivity contribution in [3.63, 3.8) is 0 Å². The maximum absolute atomic E-state index is 5.64. The van der Waals surface area contributed by atoms with E-state index in [2.05, 4.69) is 15.0 Å². The molecule has 15 heavy (non-hydrogen) atoms. The first-order valence-electron chi connectivity index (χ1n) is 4.62. The summed E-state index contributed by atoms with van der Waals surface area (Å²) in [5.41, 5.74) is 8.46. The number of aromatic nitrogens is 3. The zero-order valence-electron chi connectivity index (χ0n) is 8.90. The van der Waals surface area contributed by atoms with E-state index in [-0.39, 0.29) is 0 Å². The van der Waals surface area contributed by atoms with Crippen LogP contribution in [0.2, 0.25) is 0 Å². The first-order chi connectivity index (χ1) is 7.06. The van der Waals surface area contributed by atoms with Crippen LogP contribution in [0.25, 0.3) is 10.7 Å². The van der Waals surface area contributed by atoms with Gasteiger partial charge in [0.05, 0.1) is 10.6 Å². The molecule has 0 aromatic carbocycles. The minimum absolute atomic E-state index is 0.560. The molecule has 0 aliphatic rings. The molecular weight excluding hydrogens is 208 g/mol. The fourth-order valence-corrected chi connectivity index (χ4v) is 2.22. The van der Waals surface area contributed by atoms with Gasteiger partial charge in [-0.2, -0.15) is 0 Å². The molecule has 0 amide bonds. The Hall–Kier alpha value is -1.49. The molecule has 0 saturated carbocycles. The van der Waals surface area contributed by atoms with Gasteiger partial charge >= 0.3 is 0 Å². The Morgan fingerprint density at radius 3 is 2.13 bits per heavy atom. The molecule has 2 aromatic rings. The highest BCUT2D eigenvalue weighted by Gasteiger charge is 2.11. The number of anilines is 1. The highest BCUT2D eigenvalue weighted by molar-refractivity contribution is 7.18. The van der Waals surface area contributed by atoms with E-state index in [9.17, 15) is 0 Å². The molecule has 0 bridgehead atoms. The number of rotatable bonds is 1. The second-order valence-electron chi connectivity index (χ2n) is 3.44. The summed E-state index contributed by atoms with van der Waals surface area (Å²) in [4.78, 5) is 13.9. The quantitative estimate of drug-likeness (QED) is 0.799. The maximum Gasteiger partial charge on any atom is 0.180 e. The van der Waals surface area contributed by atoms with Gasteiger partial charge < -0.3 is 5.73 Å². The standard InChI is InChI=1S/C10H12N4S/c1-5-4-6(2)13-9(12-5)8-7(3)14-10(11)15-8/h4H,1-3H3,(H2,11,14). The summed E-state index contributed by atoms with van der Waals surface area (Å²) in [5.74, 6) is 0.721. The molecule has 0 spiro atoms. The topological polar surface area (TPSA) is 64.7 Å². The van der Waals surface area contributed by atoms with E-state index in [0.29, 0.717) is 5.13 Å². The van der Waals surface area contributed by atoms with Crippen molar-refractivity contribution in [3.05, 3.63) is 23.1 Å². The van der Waals surface area contributed by atoms with Gasteiger partial charge in [-0.3, -0.25) is 0 Å². The Balaban J connectivity index is 2.58. The van der Waals surface area contributed by atoms with Crippen LogP contribution in [-0.4, -0.2) is 15.0 Å². The molecule has 2 aromatic heterocycles. The summed E-state index contributed by atoms with van der Waals surface area (Å²) in [6.07, 6.45) is 0. The average molecular weight is 220 g/mol. The molecule has 2 N–H and O–H groups in total. The first kappa shape index (κ1) is 10.0. The third kappa shape index (κ3) is 1.97. The number of nitrogens with two attached hydrogens (primary N) is 1. The van der Waals surface area contributed by atoms with E-state index < -0.39 is 0 Å². The van der Waals surface area contributed by atoms with Crippen LogP contribution in [0.3, 0.4) is 0 Å². The Kier molecular flexibility index (Phi) is 2.40. The van der Waals surface area contributed by atoms with Crippen molar-refractivity contribution in [3.8, 4) is 10.7 Å². The molecule has 2 rings (SSSR count). The molecule has 4 nitrogen and oxygen atoms in total. The fourth-order valence-electron chi connectivity index (χ4n) is 1.45. The number of hydrogen-bond acceptors (Lipinski definition) is 5. The SMILES string of the molecule is Cc1cc(C)nc(-c2sc(N)nc2C)n1. The van der Waals surface area contributed by atoms with Crippen LogP contribution in [0, 0.1) is 20.8 Å². The van der Waals surface area contributed by atoms with E-state index in [1.165, 1.54) is 11.3 Å². The van der Waals surface area contributed by atoms with Gasteiger partial charge in [-0.15, -0.1) is 0 Å². The summed E-state index contributed by atoms with van der Waals surface area (Å²) in [5, 5.41) is 0.560. The maximum atomic E-state index is 5.64. The molecule has 5 heteroatoms. The Morgan fingerprint density at radius 1 is 1.07 bits per heavy atom. The summed E-state index contributed by atoms with van der Waals surface area (Å²) in [6.45, 7) is 5.83. The Labute approximate surface area is 92.2 Å². The normalized spacial score (nSPS) is 10.6. The van der Waals surface area contributed by atoms with Crippen molar-refractivity contribution in [2.24, 2.45) is 0 Å². The fraction of sp³-hybridized carbons (Fsp3) is 0.300. The molecule has 0 aliphatic carbocycles. The molecule has 0 fully saturated rings. The van der Waals surface area contributed by atoms with E-state index >= 15 is 0 Å². The summed E-state index contributed by atoms with van der Waals surface area (Å²) in [6, 6.07) is 1.95. The highest BCUT2D eigenvalue weighted by Crippen LogP contribution is 2.28. The molecule has 0 unspecified atom stereocenters. The minimum atomic E-state index is 0.560. The van der Waals surface area contributed by atoms with E-state index in [4.69, 9.17) is 5.73 Å². The lowest BCUT2D eigenvalue weighted by atomic mass is 10.3. The molecule has 0 radical (unpaired) electrons. The molecule has 0 aliphatic heterocycles. The van der Waals surface area contributed by atoms with Gasteiger partial charge in [-0.25, -0.2) is 15.0 Å². The predicted octanol–water partition coefficient (Wildman–Crippen LogP) is 2.11. The van der Waals surface area contributed by atoms with Crippen LogP contribution < -0.4 is 5.73 Å². The first-order valence-corrected chi connectivity index (χ1v) is 5.43. The van der Waals surface area contributed by atoms with Crippen LogP contribution >= 0.6 is 11.3 Å². The number of nitrogen functional groups attached to an aromatic ring is 1. The summed E-state index contributed by atoms with van der Waals surface area (Å²) < 4.78 is 0. The van der Waals surface area contributed by atoms with Crippen LogP contribution in [0.15, 0.2) is 6.07 Å². The zero-order chi connectivity index (χ0) is 11.0. The Bertz CT molecular complexity index is 484. The van der Waals surface area contributed by atoms with Gasteiger partial charge in [0.15, 0.2) is 11.0 Å². The smallest absolute Gasteiger partial charge is 0.180 e. The third-order valence-electron chi connectivity index (χ3n) is 2.00. The van der Waals surface area contributed by atoms with Crippen molar-refractivity contribution in [2.75, 3.05) is 5.73 Å². The van der Waals surface area contributed by atoms with Crippen LogP contribution in [0.4, 0.5) is 5.13 Å². The monoisotopic (exact) mass is 220 g/mol. The molecule has 0 atom stereocenters. The summed E-state index contributed by atoms with van der Waals surface area (Å²) in [7, 11) is 0. The summed E-state index contributed by atoms with van der Waals surface area (Å²) >= 11 is 1.43. The van der Waals surface area contributed by atoms with Gasteiger partial charge in [0.1, 0.15) is 0 Å². The lowest BCUT2D eigenvalue weighted by molar-refractivity contribution is 1.06. The second kappa shape index (κ2) is 3.58. The van der Waals surface area contributed by atoms with Crippen molar-refractivity contribution >= 4 is 16.5 Å². The van der Waals surface area contributed by atoms with Crippen LogP contribution in [-0.2, 0) is 0 Å². The van der Waals surface area contributed by atoms with E-state index in [1.807, 2.05) is 26.8 Å². The van der Waals surface area contributed by atoms with Gasteiger partial charge in [0.2, 0.25) is 0 Å². The molecular formula is C10H12N4S. The van der Waals surface area contributed by atoms with E-state index in [1.54, 1.807) is 0 Å². The lowest BCUT2D eigenvalue weighted by Gasteiger charge is -2.00. The average Bonchev–Trinajstić information content (AvgIpc) is 2.43. The molecule has 78 valence electrons. The number of hydrogen-bond donors (Lipinski definition) is 1. The van der Waals surface area contributed by atoms with Crippen molar-refractivity contribution in [2.45, 2.75) is 20.8 Å².